The molecule has 2 aromatic heterocycles. The molecule has 4 aromatic rings. The van der Waals surface area contributed by atoms with Crippen LogP contribution in [0.2, 0.25) is 10.0 Å². The molecule has 0 atom stereocenters. The van der Waals surface area contributed by atoms with Gasteiger partial charge in [-0.05, 0) is 48.7 Å². The van der Waals surface area contributed by atoms with E-state index in [4.69, 9.17) is 32.7 Å². The van der Waals surface area contributed by atoms with E-state index in [1.165, 1.54) is 0 Å². The third-order valence-electron chi connectivity index (χ3n) is 4.64. The van der Waals surface area contributed by atoms with Crippen molar-refractivity contribution < 1.29 is 14.0 Å². The molecule has 0 aliphatic heterocycles. The highest BCUT2D eigenvalue weighted by atomic mass is 35.5. The van der Waals surface area contributed by atoms with Crippen LogP contribution in [0.25, 0.3) is 28.0 Å². The van der Waals surface area contributed by atoms with Crippen molar-refractivity contribution in [1.82, 2.24) is 9.97 Å². The number of imidazole rings is 1. The van der Waals surface area contributed by atoms with Crippen LogP contribution in [0.5, 0.6) is 11.5 Å². The summed E-state index contributed by atoms with van der Waals surface area (Å²) < 4.78 is 13.1. The molecule has 0 saturated heterocycles. The summed E-state index contributed by atoms with van der Waals surface area (Å²) in [5, 5.41) is 2.98. The summed E-state index contributed by atoms with van der Waals surface area (Å²) in [6.07, 6.45) is 3.51. The molecule has 0 aliphatic rings. The Balaban J connectivity index is 2.15. The van der Waals surface area contributed by atoms with Gasteiger partial charge in [0.15, 0.2) is 11.5 Å². The van der Waals surface area contributed by atoms with Gasteiger partial charge in [-0.3, -0.25) is 0 Å². The number of H-pyrrole nitrogens is 1. The SMILES string of the molecule is COc1cc2cc(C)[n+](-c3ncc[nH]3)c(-c3ccc(Cl)c(Cl)c3)c2cc1OC. The number of benzene rings is 2. The van der Waals surface area contributed by atoms with Gasteiger partial charge >= 0.3 is 5.95 Å². The first-order valence-corrected chi connectivity index (χ1v) is 9.35. The van der Waals surface area contributed by atoms with E-state index in [1.807, 2.05) is 35.8 Å². The van der Waals surface area contributed by atoms with E-state index in [9.17, 15) is 0 Å². The third kappa shape index (κ3) is 3.07. The van der Waals surface area contributed by atoms with Crippen LogP contribution in [0.3, 0.4) is 0 Å². The fourth-order valence-corrected chi connectivity index (χ4v) is 3.68. The van der Waals surface area contributed by atoms with Crippen LogP contribution in [-0.4, -0.2) is 24.2 Å². The fourth-order valence-electron chi connectivity index (χ4n) is 3.39. The summed E-state index contributed by atoms with van der Waals surface area (Å²) in [7, 11) is 3.25. The van der Waals surface area contributed by atoms with Crippen molar-refractivity contribution in [3.63, 3.8) is 0 Å². The van der Waals surface area contributed by atoms with Gasteiger partial charge in [0.25, 0.3) is 0 Å². The van der Waals surface area contributed by atoms with Crippen LogP contribution >= 0.6 is 23.2 Å². The molecule has 0 aliphatic carbocycles. The number of nitrogens with zero attached hydrogens (tertiary/aromatic N) is 2. The van der Waals surface area contributed by atoms with Gasteiger partial charge in [-0.25, -0.2) is 4.98 Å². The Morgan fingerprint density at radius 2 is 1.71 bits per heavy atom. The molecule has 142 valence electrons. The maximum absolute atomic E-state index is 6.33. The number of fused-ring (bicyclic) bond motifs is 1. The van der Waals surface area contributed by atoms with E-state index < -0.39 is 0 Å². The lowest BCUT2D eigenvalue weighted by Crippen LogP contribution is -2.38. The van der Waals surface area contributed by atoms with Crippen LogP contribution in [0, 0.1) is 6.92 Å². The van der Waals surface area contributed by atoms with E-state index in [2.05, 4.69) is 16.0 Å². The molecule has 0 bridgehead atoms. The lowest BCUT2D eigenvalue weighted by Gasteiger charge is -2.16. The number of aromatic nitrogens is 3. The molecule has 0 radical (unpaired) electrons. The monoisotopic (exact) mass is 414 g/mol. The van der Waals surface area contributed by atoms with Crippen molar-refractivity contribution in [2.45, 2.75) is 6.92 Å². The van der Waals surface area contributed by atoms with Gasteiger partial charge in [-0.15, -0.1) is 0 Å². The Labute approximate surface area is 172 Å². The first-order valence-electron chi connectivity index (χ1n) is 8.60. The molecular formula is C21H18Cl2N3O2+. The van der Waals surface area contributed by atoms with Crippen molar-refractivity contribution in [2.75, 3.05) is 14.2 Å². The largest absolute Gasteiger partial charge is 0.493 e. The van der Waals surface area contributed by atoms with Crippen molar-refractivity contribution >= 4 is 34.0 Å². The van der Waals surface area contributed by atoms with E-state index in [-0.39, 0.29) is 0 Å². The number of aromatic amines is 1. The number of ether oxygens (including phenoxy) is 2. The number of hydrogen-bond donors (Lipinski definition) is 1. The molecule has 1 N–H and O–H groups in total. The number of halogens is 2. The van der Waals surface area contributed by atoms with Gasteiger partial charge in [0.1, 0.15) is 11.9 Å². The number of aryl methyl sites for hydroxylation is 1. The molecule has 7 heteroatoms. The molecule has 0 unspecified atom stereocenters. The Kier molecular flexibility index (Phi) is 4.87. The minimum Gasteiger partial charge on any atom is -0.493 e. The highest BCUT2D eigenvalue weighted by Crippen LogP contribution is 2.37. The van der Waals surface area contributed by atoms with Gasteiger partial charge in [0.2, 0.25) is 0 Å². The van der Waals surface area contributed by atoms with E-state index in [1.54, 1.807) is 32.7 Å². The zero-order chi connectivity index (χ0) is 19.8. The maximum atomic E-state index is 6.33. The Morgan fingerprint density at radius 3 is 2.36 bits per heavy atom. The smallest absolute Gasteiger partial charge is 0.401 e. The summed E-state index contributed by atoms with van der Waals surface area (Å²) in [5.41, 5.74) is 2.83. The lowest BCUT2D eigenvalue weighted by molar-refractivity contribution is -0.597. The van der Waals surface area contributed by atoms with Crippen LogP contribution in [0.4, 0.5) is 0 Å². The Hall–Kier alpha value is -2.76. The Morgan fingerprint density at radius 1 is 0.964 bits per heavy atom. The van der Waals surface area contributed by atoms with Crippen LogP contribution < -0.4 is 14.0 Å². The molecule has 5 nitrogen and oxygen atoms in total. The molecule has 4 rings (SSSR count). The number of hydrogen-bond acceptors (Lipinski definition) is 3. The summed E-state index contributed by atoms with van der Waals surface area (Å²) in [5.74, 6) is 2.02. The van der Waals surface area contributed by atoms with Crippen molar-refractivity contribution in [3.8, 4) is 28.7 Å². The number of pyridine rings is 1. The van der Waals surface area contributed by atoms with Crippen LogP contribution in [-0.2, 0) is 0 Å². The fraction of sp³-hybridized carbons (Fsp3) is 0.143. The van der Waals surface area contributed by atoms with Crippen molar-refractivity contribution in [3.05, 3.63) is 64.5 Å². The highest BCUT2D eigenvalue weighted by Gasteiger charge is 2.23. The summed E-state index contributed by atoms with van der Waals surface area (Å²) in [4.78, 5) is 7.63. The minimum absolute atomic E-state index is 0.486. The normalized spacial score (nSPS) is 11.0. The molecule has 0 spiro atoms. The molecule has 2 aromatic carbocycles. The summed E-state index contributed by atoms with van der Waals surface area (Å²) in [6, 6.07) is 11.6. The zero-order valence-electron chi connectivity index (χ0n) is 15.6. The number of methoxy groups -OCH3 is 2. The summed E-state index contributed by atoms with van der Waals surface area (Å²) in [6.45, 7) is 2.03. The van der Waals surface area contributed by atoms with E-state index in [0.717, 1.165) is 27.7 Å². The Bertz CT molecular complexity index is 1170. The second-order valence-corrected chi connectivity index (χ2v) is 7.12. The topological polar surface area (TPSA) is 51.0 Å². The zero-order valence-corrected chi connectivity index (χ0v) is 17.1. The van der Waals surface area contributed by atoms with Gasteiger partial charge < -0.3 is 9.47 Å². The van der Waals surface area contributed by atoms with Crippen LogP contribution in [0.1, 0.15) is 5.69 Å². The van der Waals surface area contributed by atoms with Gasteiger partial charge in [0, 0.05) is 10.9 Å². The van der Waals surface area contributed by atoms with Crippen LogP contribution in [0.15, 0.2) is 48.8 Å². The second-order valence-electron chi connectivity index (χ2n) is 6.31. The maximum Gasteiger partial charge on any atom is 0.401 e. The molecule has 0 saturated carbocycles. The van der Waals surface area contributed by atoms with E-state index in [0.29, 0.717) is 27.5 Å². The average molecular weight is 415 g/mol. The first-order chi connectivity index (χ1) is 13.5. The molecule has 2 heterocycles. The number of nitrogens with one attached hydrogen (secondary N) is 1. The predicted octanol–water partition coefficient (Wildman–Crippen LogP) is 5.14. The minimum atomic E-state index is 0.486. The average Bonchev–Trinajstić information content (AvgIpc) is 3.22. The van der Waals surface area contributed by atoms with Gasteiger partial charge in [0.05, 0.1) is 36.2 Å². The third-order valence-corrected chi connectivity index (χ3v) is 5.38. The van der Waals surface area contributed by atoms with Gasteiger partial charge in [-0.2, -0.15) is 4.57 Å². The van der Waals surface area contributed by atoms with Crippen molar-refractivity contribution in [2.24, 2.45) is 0 Å². The quantitative estimate of drug-likeness (QED) is 0.470. The standard InChI is InChI=1S/C21H18Cl2N3O2/c1-12-8-14-10-18(27-2)19(28-3)11-15(14)20(26(12)21-24-6-7-25-21)13-4-5-16(22)17(23)9-13/h4-11H,1-3H3,(H,24,25)/q+1. The molecular weight excluding hydrogens is 397 g/mol. The molecule has 0 fully saturated rings. The molecule has 28 heavy (non-hydrogen) atoms. The number of rotatable bonds is 4. The van der Waals surface area contributed by atoms with Crippen molar-refractivity contribution in [1.29, 1.82) is 0 Å². The molecule has 0 amide bonds. The second kappa shape index (κ2) is 7.34. The highest BCUT2D eigenvalue weighted by molar-refractivity contribution is 6.42. The van der Waals surface area contributed by atoms with E-state index >= 15 is 0 Å². The van der Waals surface area contributed by atoms with Gasteiger partial charge in [-0.1, -0.05) is 28.2 Å². The lowest BCUT2D eigenvalue weighted by atomic mass is 10.0. The first kappa shape index (κ1) is 18.6. The predicted molar refractivity (Wildman–Crippen MR) is 111 cm³/mol. The summed E-state index contributed by atoms with van der Waals surface area (Å²) >= 11 is 12.5.